The maximum Gasteiger partial charge on any atom is 0.322 e. The van der Waals surface area contributed by atoms with Gasteiger partial charge in [-0.15, -0.1) is 0 Å². The lowest BCUT2D eigenvalue weighted by molar-refractivity contribution is -0.124. The van der Waals surface area contributed by atoms with Crippen LogP contribution < -0.4 is 15.5 Å². The van der Waals surface area contributed by atoms with Crippen LogP contribution in [0.5, 0.6) is 0 Å². The summed E-state index contributed by atoms with van der Waals surface area (Å²) in [5.41, 5.74) is 0.132. The average Bonchev–Trinajstić information content (AvgIpc) is 2.89. The van der Waals surface area contributed by atoms with Crippen molar-refractivity contribution in [2.75, 3.05) is 11.4 Å². The average molecular weight is 339 g/mol. The normalized spacial score (nSPS) is 21.7. The molecule has 0 saturated carbocycles. The molecule has 0 bridgehead atoms. The molecule has 1 spiro atoms. The van der Waals surface area contributed by atoms with Gasteiger partial charge in [-0.2, -0.15) is 0 Å². The Morgan fingerprint density at radius 1 is 1.12 bits per heavy atom. The molecule has 7 heteroatoms. The van der Waals surface area contributed by atoms with E-state index in [1.54, 1.807) is 30.3 Å². The number of fused-ring (bicyclic) bond motifs is 2. The Morgan fingerprint density at radius 2 is 1.92 bits per heavy atom. The van der Waals surface area contributed by atoms with Crippen molar-refractivity contribution in [1.82, 2.24) is 10.6 Å². The highest BCUT2D eigenvalue weighted by molar-refractivity contribution is 6.11. The van der Waals surface area contributed by atoms with E-state index in [0.717, 1.165) is 0 Å². The number of carbonyl (C=O) groups excluding carboxylic acids is 3. The maximum absolute atomic E-state index is 13.5. The Hall–Kier alpha value is -3.22. The molecule has 1 fully saturated rings. The predicted octanol–water partition coefficient (Wildman–Crippen LogP) is 1.91. The molecule has 2 aliphatic heterocycles. The van der Waals surface area contributed by atoms with Gasteiger partial charge in [0.15, 0.2) is 0 Å². The summed E-state index contributed by atoms with van der Waals surface area (Å²) in [5.74, 6) is -1.27. The molecule has 1 saturated heterocycles. The van der Waals surface area contributed by atoms with Gasteiger partial charge in [0.2, 0.25) is 0 Å². The van der Waals surface area contributed by atoms with E-state index < -0.39 is 23.3 Å². The van der Waals surface area contributed by atoms with Crippen LogP contribution in [0.15, 0.2) is 48.5 Å². The number of amides is 4. The third kappa shape index (κ3) is 2.27. The largest absolute Gasteiger partial charge is 0.322 e. The molecule has 1 atom stereocenters. The van der Waals surface area contributed by atoms with Crippen LogP contribution in [0.1, 0.15) is 22.3 Å². The number of hydrogen-bond donors (Lipinski definition) is 2. The van der Waals surface area contributed by atoms with Gasteiger partial charge in [0.05, 0.1) is 5.69 Å². The highest BCUT2D eigenvalue weighted by Crippen LogP contribution is 2.40. The third-order valence-electron chi connectivity index (χ3n) is 4.62. The second kappa shape index (κ2) is 5.41. The summed E-state index contributed by atoms with van der Waals surface area (Å²) < 4.78 is 13.5. The van der Waals surface area contributed by atoms with Crippen molar-refractivity contribution in [3.63, 3.8) is 0 Å². The number of anilines is 1. The van der Waals surface area contributed by atoms with Crippen LogP contribution in [0.4, 0.5) is 14.9 Å². The van der Waals surface area contributed by atoms with Crippen LogP contribution in [0.25, 0.3) is 0 Å². The van der Waals surface area contributed by atoms with E-state index in [-0.39, 0.29) is 24.4 Å². The van der Waals surface area contributed by atoms with Gasteiger partial charge in [0.1, 0.15) is 11.4 Å². The van der Waals surface area contributed by atoms with Gasteiger partial charge >= 0.3 is 6.03 Å². The minimum atomic E-state index is -1.17. The van der Waals surface area contributed by atoms with E-state index in [2.05, 4.69) is 10.6 Å². The van der Waals surface area contributed by atoms with Gasteiger partial charge in [0, 0.05) is 24.1 Å². The number of halogens is 1. The second-order valence-corrected chi connectivity index (χ2v) is 6.05. The van der Waals surface area contributed by atoms with E-state index in [1.165, 1.54) is 23.1 Å². The van der Waals surface area contributed by atoms with E-state index in [0.29, 0.717) is 11.3 Å². The topological polar surface area (TPSA) is 78.5 Å². The zero-order chi connectivity index (χ0) is 17.6. The van der Waals surface area contributed by atoms with Crippen molar-refractivity contribution in [1.29, 1.82) is 0 Å². The smallest absolute Gasteiger partial charge is 0.319 e. The molecule has 0 aliphatic carbocycles. The van der Waals surface area contributed by atoms with Gasteiger partial charge in [-0.3, -0.25) is 14.9 Å². The summed E-state index contributed by atoms with van der Waals surface area (Å²) in [6.45, 7) is 0.222. The molecule has 2 aromatic carbocycles. The zero-order valence-corrected chi connectivity index (χ0v) is 13.1. The third-order valence-corrected chi connectivity index (χ3v) is 4.62. The first-order valence-corrected chi connectivity index (χ1v) is 7.82. The fourth-order valence-corrected chi connectivity index (χ4v) is 3.45. The summed E-state index contributed by atoms with van der Waals surface area (Å²) in [6.07, 6.45) is 0.239. The van der Waals surface area contributed by atoms with E-state index in [9.17, 15) is 18.8 Å². The molecule has 0 radical (unpaired) electrons. The van der Waals surface area contributed by atoms with Crippen molar-refractivity contribution < 1.29 is 18.8 Å². The fourth-order valence-electron chi connectivity index (χ4n) is 3.45. The Labute approximate surface area is 142 Å². The standard InChI is InChI=1S/C18H14FN3O3/c19-12-5-3-4-11(10-12)15(23)22-9-8-18(16(24)20-17(25)21-18)13-6-1-2-7-14(13)22/h1-7,10H,8-9H2,(H2,20,21,24,25). The van der Waals surface area contributed by atoms with E-state index in [4.69, 9.17) is 0 Å². The van der Waals surface area contributed by atoms with Crippen LogP contribution >= 0.6 is 0 Å². The molecule has 25 heavy (non-hydrogen) atoms. The lowest BCUT2D eigenvalue weighted by Crippen LogP contribution is -2.52. The highest BCUT2D eigenvalue weighted by Gasteiger charge is 2.51. The number of nitrogens with zero attached hydrogens (tertiary/aromatic N) is 1. The van der Waals surface area contributed by atoms with Crippen molar-refractivity contribution in [3.8, 4) is 0 Å². The quantitative estimate of drug-likeness (QED) is 0.779. The fraction of sp³-hybridized carbons (Fsp3) is 0.167. The summed E-state index contributed by atoms with van der Waals surface area (Å²) in [4.78, 5) is 38.4. The molecule has 126 valence electrons. The Morgan fingerprint density at radius 3 is 2.64 bits per heavy atom. The SMILES string of the molecule is O=C1NC(=O)C2(CCN(C(=O)c3cccc(F)c3)c3ccccc32)N1. The van der Waals surface area contributed by atoms with Gasteiger partial charge in [0.25, 0.3) is 11.8 Å². The molecular weight excluding hydrogens is 325 g/mol. The van der Waals surface area contributed by atoms with E-state index in [1.807, 2.05) is 0 Å². The molecular formula is C18H14FN3O3. The van der Waals surface area contributed by atoms with Gasteiger partial charge in [-0.25, -0.2) is 9.18 Å². The summed E-state index contributed by atoms with van der Waals surface area (Å²) in [7, 11) is 0. The molecule has 6 nitrogen and oxygen atoms in total. The number of nitrogens with one attached hydrogen (secondary N) is 2. The predicted molar refractivity (Wildman–Crippen MR) is 87.5 cm³/mol. The summed E-state index contributed by atoms with van der Waals surface area (Å²) in [6, 6.07) is 11.8. The molecule has 4 amide bonds. The molecule has 2 aromatic rings. The molecule has 2 aliphatic rings. The lowest BCUT2D eigenvalue weighted by atomic mass is 9.82. The number of benzene rings is 2. The second-order valence-electron chi connectivity index (χ2n) is 6.05. The number of hydrogen-bond acceptors (Lipinski definition) is 3. The van der Waals surface area contributed by atoms with Gasteiger partial charge < -0.3 is 10.2 Å². The first kappa shape index (κ1) is 15.3. The minimum Gasteiger partial charge on any atom is -0.319 e. The number of urea groups is 1. The van der Waals surface area contributed by atoms with Crippen LogP contribution in [-0.4, -0.2) is 24.4 Å². The van der Waals surface area contributed by atoms with Gasteiger partial charge in [-0.1, -0.05) is 24.3 Å². The molecule has 4 rings (SSSR count). The van der Waals surface area contributed by atoms with Crippen LogP contribution in [0.2, 0.25) is 0 Å². The van der Waals surface area contributed by atoms with Crippen molar-refractivity contribution in [3.05, 3.63) is 65.5 Å². The van der Waals surface area contributed by atoms with Gasteiger partial charge in [-0.05, 0) is 24.3 Å². The molecule has 1 unspecified atom stereocenters. The number of rotatable bonds is 1. The first-order valence-electron chi connectivity index (χ1n) is 7.82. The van der Waals surface area contributed by atoms with Crippen LogP contribution in [-0.2, 0) is 10.3 Å². The Balaban J connectivity index is 1.78. The highest BCUT2D eigenvalue weighted by atomic mass is 19.1. The number of imide groups is 1. The van der Waals surface area contributed by atoms with Crippen LogP contribution in [0.3, 0.4) is 0 Å². The number of para-hydroxylation sites is 1. The lowest BCUT2D eigenvalue weighted by Gasteiger charge is -2.39. The minimum absolute atomic E-state index is 0.222. The Kier molecular flexibility index (Phi) is 3.31. The molecule has 0 aromatic heterocycles. The molecule has 2 heterocycles. The van der Waals surface area contributed by atoms with E-state index >= 15 is 0 Å². The van der Waals surface area contributed by atoms with Crippen molar-refractivity contribution in [2.45, 2.75) is 12.0 Å². The van der Waals surface area contributed by atoms with Crippen molar-refractivity contribution in [2.24, 2.45) is 0 Å². The summed E-state index contributed by atoms with van der Waals surface area (Å²) >= 11 is 0. The zero-order valence-electron chi connectivity index (χ0n) is 13.1. The van der Waals surface area contributed by atoms with Crippen molar-refractivity contribution >= 4 is 23.5 Å². The first-order chi connectivity index (χ1) is 12.0. The molecule has 2 N–H and O–H groups in total. The monoisotopic (exact) mass is 339 g/mol. The van der Waals surface area contributed by atoms with Crippen LogP contribution in [0, 0.1) is 5.82 Å². The summed E-state index contributed by atoms with van der Waals surface area (Å²) in [5, 5.41) is 4.95. The number of carbonyl (C=O) groups is 3. The maximum atomic E-state index is 13.5. The Bertz CT molecular complexity index is 914.